The summed E-state index contributed by atoms with van der Waals surface area (Å²) in [5.41, 5.74) is 12.7. The van der Waals surface area contributed by atoms with Crippen molar-refractivity contribution < 1.29 is 67.3 Å². The smallest absolute Gasteiger partial charge is 0.872 e. The molecular formula is C81H89N5O5Pt2. The molecule has 10 nitrogen and oxygen atoms in total. The molecule has 0 aliphatic carbocycles. The van der Waals surface area contributed by atoms with Gasteiger partial charge in [-0.25, -0.2) is 0 Å². The standard InChI is InChI=1S/C79H90N4O5.C2H3N.2Pt/c1-73(2,3)53-35-51(69(86)59(39-53)77(13,14)15)45-82-65-27-23-21-25-63(65)80-43-49-33-47(29-31-67(49)84)57-37-55(75(7,8)9)41-61-71(57)88-72-58(38-56(76(10,11)12)42-62(72)79(61,19)20)48-30-32-68(85)50(34-48)44-81-64-26-22-24-28-66(64)83-46-52-36-54(74(4,5)6)40-60(70(52)87)78(16,17)18;1-2-3;;/h21-46,84-87H,1-20H3;1H3;;/q;;2*+2/p-4. The summed E-state index contributed by atoms with van der Waals surface area (Å²) >= 11 is 0. The second-order valence-corrected chi connectivity index (χ2v) is 30.7. The molecule has 0 atom stereocenters. The second-order valence-electron chi connectivity index (χ2n) is 30.7. The van der Waals surface area contributed by atoms with Crippen molar-refractivity contribution in [2.75, 3.05) is 0 Å². The molecule has 1 aliphatic heterocycles. The van der Waals surface area contributed by atoms with Gasteiger partial charge in [0.1, 0.15) is 11.5 Å². The summed E-state index contributed by atoms with van der Waals surface area (Å²) in [6.45, 7) is 44.2. The van der Waals surface area contributed by atoms with Gasteiger partial charge < -0.3 is 25.2 Å². The maximum Gasteiger partial charge on any atom is 2.00 e. The van der Waals surface area contributed by atoms with Gasteiger partial charge in [-0.1, -0.05) is 235 Å². The number of nitriles is 1. The molecule has 0 amide bonds. The van der Waals surface area contributed by atoms with E-state index in [1.807, 2.05) is 97.1 Å². The molecule has 12 heteroatoms. The van der Waals surface area contributed by atoms with Crippen LogP contribution in [-0.2, 0) is 80.0 Å². The van der Waals surface area contributed by atoms with E-state index in [0.29, 0.717) is 56.5 Å². The molecule has 9 rings (SSSR count). The maximum absolute atomic E-state index is 13.9. The molecule has 488 valence electrons. The number of fused-ring (bicyclic) bond motifs is 2. The molecular weight excluding hydrogens is 1510 g/mol. The normalized spacial score (nSPS) is 13.4. The molecule has 1 heterocycles. The summed E-state index contributed by atoms with van der Waals surface area (Å²) in [5.74, 6) is 0.832. The zero-order valence-corrected chi connectivity index (χ0v) is 62.5. The fraction of sp³-hybridized carbons (Fsp3) is 0.346. The van der Waals surface area contributed by atoms with Crippen LogP contribution in [0, 0.1) is 11.3 Å². The molecule has 0 saturated heterocycles. The van der Waals surface area contributed by atoms with E-state index in [9.17, 15) is 20.4 Å². The minimum Gasteiger partial charge on any atom is -0.872 e. The molecule has 0 spiro atoms. The van der Waals surface area contributed by atoms with Gasteiger partial charge in [0.15, 0.2) is 0 Å². The van der Waals surface area contributed by atoms with Gasteiger partial charge in [0.05, 0.1) is 28.8 Å². The molecule has 1 aliphatic rings. The van der Waals surface area contributed by atoms with Gasteiger partial charge in [0.2, 0.25) is 0 Å². The fourth-order valence-electron chi connectivity index (χ4n) is 11.0. The Bertz CT molecular complexity index is 3990. The monoisotopic (exact) mass is 1600 g/mol. The Morgan fingerprint density at radius 2 is 0.667 bits per heavy atom. The van der Waals surface area contributed by atoms with Gasteiger partial charge >= 0.3 is 42.1 Å². The van der Waals surface area contributed by atoms with E-state index in [1.165, 1.54) is 6.92 Å². The molecule has 0 saturated carbocycles. The van der Waals surface area contributed by atoms with E-state index in [1.54, 1.807) is 43.1 Å². The SMILES string of the molecule is CC#N.CC(C)(C)c1cc(C=Nc2ccccc2N=Cc2cc(-c3cc(C(C)(C)C)cc4c3Oc3c(-c5ccc([O-])c(C=Nc6ccccc6N=Cc6cc(C(C)(C)C)cc(C(C)(C)C)c6[O-])c5)cc(C(C)(C)C)cc3C4(C)C)ccc2[O-])c([O-])c(C(C)(C)C)c1.[Pt+2].[Pt+2]. The van der Waals surface area contributed by atoms with Crippen LogP contribution in [0.1, 0.15) is 212 Å². The summed E-state index contributed by atoms with van der Waals surface area (Å²) in [6, 6.07) is 44.1. The summed E-state index contributed by atoms with van der Waals surface area (Å²) in [5, 5.41) is 62.9. The predicted molar refractivity (Wildman–Crippen MR) is 372 cm³/mol. The van der Waals surface area contributed by atoms with Gasteiger partial charge in [-0.3, -0.25) is 20.0 Å². The Balaban J connectivity index is 0.00000269. The van der Waals surface area contributed by atoms with E-state index >= 15 is 0 Å². The third kappa shape index (κ3) is 16.8. The van der Waals surface area contributed by atoms with Crippen LogP contribution in [0.5, 0.6) is 34.5 Å². The minimum atomic E-state index is -0.598. The number of hydrogen-bond acceptors (Lipinski definition) is 10. The summed E-state index contributed by atoms with van der Waals surface area (Å²) in [6.07, 6.45) is 6.45. The van der Waals surface area contributed by atoms with Gasteiger partial charge in [0, 0.05) is 59.5 Å². The van der Waals surface area contributed by atoms with Crippen LogP contribution in [0.3, 0.4) is 0 Å². The van der Waals surface area contributed by atoms with Gasteiger partial charge in [-0.05, 0) is 148 Å². The predicted octanol–water partition coefficient (Wildman–Crippen LogP) is 19.1. The van der Waals surface area contributed by atoms with Crippen molar-refractivity contribution in [3.63, 3.8) is 0 Å². The van der Waals surface area contributed by atoms with Gasteiger partial charge in [0.25, 0.3) is 0 Å². The molecule has 0 fully saturated rings. The number of aliphatic imine (C=N–C) groups is 4. The average Bonchev–Trinajstić information content (AvgIpc) is 0.718. The van der Waals surface area contributed by atoms with Crippen LogP contribution < -0.4 is 25.2 Å². The molecule has 8 aromatic rings. The van der Waals surface area contributed by atoms with Crippen LogP contribution in [0.2, 0.25) is 0 Å². The number of hydrogen-bond donors (Lipinski definition) is 0. The zero-order chi connectivity index (χ0) is 67.1. The Labute approximate surface area is 582 Å². The molecule has 0 aromatic heterocycles. The van der Waals surface area contributed by atoms with Gasteiger partial charge in [-0.2, -0.15) is 5.26 Å². The first-order valence-electron chi connectivity index (χ1n) is 31.3. The Morgan fingerprint density at radius 3 is 0.946 bits per heavy atom. The van der Waals surface area contributed by atoms with Crippen LogP contribution in [0.4, 0.5) is 22.7 Å². The number of nitrogens with zero attached hydrogens (tertiary/aromatic N) is 5. The number of ether oxygens (including phenoxy) is 1. The molecule has 0 radical (unpaired) electrons. The van der Waals surface area contributed by atoms with E-state index < -0.39 is 5.41 Å². The van der Waals surface area contributed by atoms with Crippen molar-refractivity contribution in [1.29, 1.82) is 5.26 Å². The van der Waals surface area contributed by atoms with Crippen LogP contribution in [0.15, 0.2) is 153 Å². The summed E-state index contributed by atoms with van der Waals surface area (Å²) in [7, 11) is 0. The first-order valence-corrected chi connectivity index (χ1v) is 31.3. The molecule has 0 unspecified atom stereocenters. The van der Waals surface area contributed by atoms with Crippen molar-refractivity contribution in [2.24, 2.45) is 20.0 Å². The Morgan fingerprint density at radius 1 is 0.387 bits per heavy atom. The van der Waals surface area contributed by atoms with E-state index in [2.05, 4.69) is 163 Å². The molecule has 0 bridgehead atoms. The fourth-order valence-corrected chi connectivity index (χ4v) is 11.0. The second kappa shape index (κ2) is 28.1. The van der Waals surface area contributed by atoms with E-state index in [-0.39, 0.29) is 97.6 Å². The van der Waals surface area contributed by atoms with Crippen molar-refractivity contribution in [3.8, 4) is 62.8 Å². The zero-order valence-electron chi connectivity index (χ0n) is 57.9. The summed E-state index contributed by atoms with van der Waals surface area (Å²) in [4.78, 5) is 19.4. The van der Waals surface area contributed by atoms with Crippen molar-refractivity contribution >= 4 is 47.6 Å². The maximum atomic E-state index is 13.9. The topological polar surface area (TPSA) is 175 Å². The third-order valence-corrected chi connectivity index (χ3v) is 16.8. The number of para-hydroxylation sites is 4. The van der Waals surface area contributed by atoms with Crippen molar-refractivity contribution in [3.05, 3.63) is 200 Å². The first kappa shape index (κ1) is 74.3. The third-order valence-electron chi connectivity index (χ3n) is 16.8. The van der Waals surface area contributed by atoms with E-state index in [4.69, 9.17) is 30.0 Å². The Hall–Kier alpha value is -7.69. The minimum absolute atomic E-state index is 0. The van der Waals surface area contributed by atoms with Gasteiger partial charge in [-0.15, -0.1) is 11.5 Å². The van der Waals surface area contributed by atoms with Crippen molar-refractivity contribution in [2.45, 2.75) is 183 Å². The van der Waals surface area contributed by atoms with Crippen LogP contribution in [0.25, 0.3) is 22.3 Å². The number of benzene rings is 8. The van der Waals surface area contributed by atoms with Crippen LogP contribution in [-0.4, -0.2) is 24.9 Å². The molecule has 8 aromatic carbocycles. The van der Waals surface area contributed by atoms with Crippen molar-refractivity contribution in [1.82, 2.24) is 0 Å². The van der Waals surface area contributed by atoms with Crippen LogP contribution >= 0.6 is 0 Å². The average molecular weight is 1600 g/mol. The largest absolute Gasteiger partial charge is 2.00 e. The number of rotatable bonds is 10. The first-order chi connectivity index (χ1) is 42.2. The quantitative estimate of drug-likeness (QED) is 0.123. The molecule has 93 heavy (non-hydrogen) atoms. The van der Waals surface area contributed by atoms with E-state index in [0.717, 1.165) is 66.8 Å². The summed E-state index contributed by atoms with van der Waals surface area (Å²) < 4.78 is 7.40. The Kier molecular flexibility index (Phi) is 22.5. The molecule has 0 N–H and O–H groups in total.